The first kappa shape index (κ1) is 19.6. The minimum atomic E-state index is 0.0950. The van der Waals surface area contributed by atoms with Gasteiger partial charge in [0.05, 0.1) is 25.5 Å². The van der Waals surface area contributed by atoms with E-state index in [9.17, 15) is 4.79 Å². The van der Waals surface area contributed by atoms with Gasteiger partial charge in [-0.2, -0.15) is 14.6 Å². The number of thioether (sulfide) groups is 1. The van der Waals surface area contributed by atoms with Crippen LogP contribution in [0.1, 0.15) is 17.5 Å². The Bertz CT molecular complexity index is 1220. The van der Waals surface area contributed by atoms with E-state index in [2.05, 4.69) is 25.4 Å². The largest absolute Gasteiger partial charge is 0.354 e. The molecule has 158 valence electrons. The van der Waals surface area contributed by atoms with Gasteiger partial charge in [0.2, 0.25) is 11.9 Å². The van der Waals surface area contributed by atoms with Gasteiger partial charge < -0.3 is 14.8 Å². The summed E-state index contributed by atoms with van der Waals surface area (Å²) in [5.41, 5.74) is 3.63. The molecule has 31 heavy (non-hydrogen) atoms. The third kappa shape index (κ3) is 3.86. The second-order valence-corrected chi connectivity index (χ2v) is 8.08. The number of aromatic nitrogens is 6. The minimum Gasteiger partial charge on any atom is -0.354 e. The number of rotatable bonds is 8. The first-order valence-corrected chi connectivity index (χ1v) is 11.3. The summed E-state index contributed by atoms with van der Waals surface area (Å²) < 4.78 is 3.76. The lowest BCUT2D eigenvalue weighted by molar-refractivity contribution is -0.117. The van der Waals surface area contributed by atoms with Crippen molar-refractivity contribution in [1.29, 1.82) is 0 Å². The minimum absolute atomic E-state index is 0.0950. The Balaban J connectivity index is 1.38. The van der Waals surface area contributed by atoms with Crippen LogP contribution in [-0.4, -0.2) is 47.8 Å². The highest BCUT2D eigenvalue weighted by Gasteiger charge is 2.28. The molecule has 1 N–H and O–H groups in total. The van der Waals surface area contributed by atoms with E-state index >= 15 is 0 Å². The molecule has 0 unspecified atom stereocenters. The fourth-order valence-electron chi connectivity index (χ4n) is 3.76. The molecule has 0 saturated carbocycles. The van der Waals surface area contributed by atoms with Gasteiger partial charge in [-0.1, -0.05) is 30.0 Å². The SMILES string of the molecule is CSc1nc(NCCCn2ccnc2)n2ncc(CN3C(=O)Cc4ccccc43)c2n1. The second-order valence-electron chi connectivity index (χ2n) is 7.31. The molecule has 1 amide bonds. The van der Waals surface area contributed by atoms with Crippen LogP contribution < -0.4 is 10.2 Å². The molecule has 10 heteroatoms. The van der Waals surface area contributed by atoms with Crippen LogP contribution in [0.4, 0.5) is 11.6 Å². The molecule has 4 aromatic rings. The van der Waals surface area contributed by atoms with E-state index in [1.807, 2.05) is 52.5 Å². The van der Waals surface area contributed by atoms with Gasteiger partial charge in [-0.3, -0.25) is 4.79 Å². The normalized spacial score (nSPS) is 13.2. The highest BCUT2D eigenvalue weighted by molar-refractivity contribution is 7.98. The average Bonchev–Trinajstić information content (AvgIpc) is 3.51. The Hall–Kier alpha value is -3.40. The molecule has 0 aliphatic carbocycles. The summed E-state index contributed by atoms with van der Waals surface area (Å²) >= 11 is 1.48. The highest BCUT2D eigenvalue weighted by atomic mass is 32.2. The standard InChI is InChI=1S/C21H22N8OS/c1-31-21-25-19-16(13-28-17-6-3-2-5-15(17)11-18(28)30)12-24-29(19)20(26-21)23-7-4-9-27-10-8-22-14-27/h2-3,5-6,8,10,12,14H,4,7,9,11,13H2,1H3,(H,23,25,26). The number of fused-ring (bicyclic) bond motifs is 2. The average molecular weight is 435 g/mol. The molecule has 0 bridgehead atoms. The predicted molar refractivity (Wildman–Crippen MR) is 119 cm³/mol. The fourth-order valence-corrected chi connectivity index (χ4v) is 4.12. The van der Waals surface area contributed by atoms with Crippen LogP contribution in [0.5, 0.6) is 0 Å². The zero-order valence-electron chi connectivity index (χ0n) is 17.1. The third-order valence-corrected chi connectivity index (χ3v) is 5.84. The molecule has 0 fully saturated rings. The van der Waals surface area contributed by atoms with Gasteiger partial charge in [0.25, 0.3) is 0 Å². The first-order chi connectivity index (χ1) is 15.2. The van der Waals surface area contributed by atoms with Crippen LogP contribution in [0.3, 0.4) is 0 Å². The van der Waals surface area contributed by atoms with E-state index in [-0.39, 0.29) is 5.91 Å². The van der Waals surface area contributed by atoms with Crippen LogP contribution >= 0.6 is 11.8 Å². The summed E-state index contributed by atoms with van der Waals surface area (Å²) in [6, 6.07) is 7.92. The van der Waals surface area contributed by atoms with E-state index < -0.39 is 0 Å². The van der Waals surface area contributed by atoms with E-state index in [1.165, 1.54) is 11.8 Å². The van der Waals surface area contributed by atoms with Gasteiger partial charge in [0, 0.05) is 36.7 Å². The molecule has 0 atom stereocenters. The Labute approximate surface area is 183 Å². The molecule has 0 radical (unpaired) electrons. The Morgan fingerprint density at radius 1 is 1.23 bits per heavy atom. The Kier molecular flexibility index (Phi) is 5.29. The lowest BCUT2D eigenvalue weighted by Crippen LogP contribution is -2.26. The van der Waals surface area contributed by atoms with E-state index in [0.29, 0.717) is 29.7 Å². The highest BCUT2D eigenvalue weighted by Crippen LogP contribution is 2.30. The number of nitrogens with zero attached hydrogens (tertiary/aromatic N) is 7. The number of hydrogen-bond acceptors (Lipinski definition) is 7. The van der Waals surface area contributed by atoms with Crippen molar-refractivity contribution in [2.24, 2.45) is 0 Å². The van der Waals surface area contributed by atoms with Crippen LogP contribution in [-0.2, 0) is 24.3 Å². The molecule has 0 spiro atoms. The van der Waals surface area contributed by atoms with Crippen LogP contribution in [0.25, 0.3) is 5.65 Å². The summed E-state index contributed by atoms with van der Waals surface area (Å²) in [5, 5.41) is 8.56. The maximum atomic E-state index is 12.6. The first-order valence-electron chi connectivity index (χ1n) is 10.1. The number of nitrogens with one attached hydrogen (secondary N) is 1. The van der Waals surface area contributed by atoms with E-state index in [4.69, 9.17) is 0 Å². The molecular formula is C21H22N8OS. The van der Waals surface area contributed by atoms with Crippen molar-refractivity contribution in [3.05, 3.63) is 60.3 Å². The Morgan fingerprint density at radius 2 is 2.13 bits per heavy atom. The van der Waals surface area contributed by atoms with Crippen LogP contribution in [0.15, 0.2) is 54.3 Å². The molecule has 1 aromatic carbocycles. The fraction of sp³-hybridized carbons (Fsp3) is 0.286. The lowest BCUT2D eigenvalue weighted by Gasteiger charge is -2.16. The van der Waals surface area contributed by atoms with Crippen molar-refractivity contribution >= 4 is 35.0 Å². The number of imidazole rings is 1. The lowest BCUT2D eigenvalue weighted by atomic mass is 10.2. The Morgan fingerprint density at radius 3 is 2.97 bits per heavy atom. The number of aryl methyl sites for hydroxylation is 1. The predicted octanol–water partition coefficient (Wildman–Crippen LogP) is 2.63. The topological polar surface area (TPSA) is 93.2 Å². The number of amides is 1. The molecule has 0 saturated heterocycles. The summed E-state index contributed by atoms with van der Waals surface area (Å²) in [7, 11) is 0. The van der Waals surface area contributed by atoms with Gasteiger partial charge in [-0.25, -0.2) is 9.97 Å². The number of benzene rings is 1. The second kappa shape index (κ2) is 8.38. The number of carbonyl (C=O) groups is 1. The number of carbonyl (C=O) groups excluding carboxylic acids is 1. The number of hydrogen-bond donors (Lipinski definition) is 1. The molecule has 5 rings (SSSR count). The zero-order valence-corrected chi connectivity index (χ0v) is 17.9. The van der Waals surface area contributed by atoms with Crippen molar-refractivity contribution in [3.8, 4) is 0 Å². The van der Waals surface area contributed by atoms with Crippen LogP contribution in [0.2, 0.25) is 0 Å². The maximum absolute atomic E-state index is 12.6. The van der Waals surface area contributed by atoms with Crippen molar-refractivity contribution in [3.63, 3.8) is 0 Å². The van der Waals surface area contributed by atoms with E-state index in [0.717, 1.165) is 36.3 Å². The van der Waals surface area contributed by atoms with Crippen molar-refractivity contribution in [1.82, 2.24) is 29.1 Å². The number of para-hydroxylation sites is 1. The van der Waals surface area contributed by atoms with Gasteiger partial charge in [-0.15, -0.1) is 0 Å². The van der Waals surface area contributed by atoms with Crippen LogP contribution in [0, 0.1) is 0 Å². The molecule has 1 aliphatic heterocycles. The molecular weight excluding hydrogens is 412 g/mol. The molecule has 4 heterocycles. The summed E-state index contributed by atoms with van der Waals surface area (Å²) in [4.78, 5) is 27.7. The zero-order chi connectivity index (χ0) is 21.2. The third-order valence-electron chi connectivity index (χ3n) is 5.29. The van der Waals surface area contributed by atoms with Gasteiger partial charge in [0.15, 0.2) is 10.8 Å². The van der Waals surface area contributed by atoms with Gasteiger partial charge in [-0.05, 0) is 24.3 Å². The number of anilines is 2. The smallest absolute Gasteiger partial charge is 0.231 e. The quantitative estimate of drug-likeness (QED) is 0.337. The van der Waals surface area contributed by atoms with Crippen molar-refractivity contribution in [2.45, 2.75) is 31.1 Å². The summed E-state index contributed by atoms with van der Waals surface area (Å²) in [6.45, 7) is 2.05. The summed E-state index contributed by atoms with van der Waals surface area (Å²) in [6.07, 6.45) is 10.6. The maximum Gasteiger partial charge on any atom is 0.231 e. The molecule has 3 aromatic heterocycles. The van der Waals surface area contributed by atoms with Gasteiger partial charge in [0.1, 0.15) is 0 Å². The molecule has 1 aliphatic rings. The van der Waals surface area contributed by atoms with Crippen molar-refractivity contribution in [2.75, 3.05) is 23.0 Å². The molecule has 9 nitrogen and oxygen atoms in total. The summed E-state index contributed by atoms with van der Waals surface area (Å²) in [5.74, 6) is 0.747. The van der Waals surface area contributed by atoms with Gasteiger partial charge >= 0.3 is 0 Å². The monoisotopic (exact) mass is 434 g/mol. The van der Waals surface area contributed by atoms with E-state index in [1.54, 1.807) is 16.9 Å². The van der Waals surface area contributed by atoms with Crippen molar-refractivity contribution < 1.29 is 4.79 Å².